The molecule has 0 aliphatic carbocycles. The number of nitrogens with zero attached hydrogens (tertiary/aromatic N) is 2. The van der Waals surface area contributed by atoms with Gasteiger partial charge in [-0.1, -0.05) is 12.1 Å². The standard InChI is InChI=1S/C18H23N3/c1-13-4-6-15-9-14(5-7-17(15)20-13)12-21-8-2-3-16-10-19-11-18(16)21/h4-7,9,16,18-19H,2-3,8,10-12H2,1H3. The maximum absolute atomic E-state index is 4.59. The molecule has 2 fully saturated rings. The van der Waals surface area contributed by atoms with Crippen LogP contribution in [0.5, 0.6) is 0 Å². The van der Waals surface area contributed by atoms with Crippen LogP contribution in [0, 0.1) is 12.8 Å². The lowest BCUT2D eigenvalue weighted by molar-refractivity contribution is 0.117. The van der Waals surface area contributed by atoms with Crippen LogP contribution in [0.2, 0.25) is 0 Å². The summed E-state index contributed by atoms with van der Waals surface area (Å²) < 4.78 is 0. The van der Waals surface area contributed by atoms with Crippen LogP contribution in [0.15, 0.2) is 30.3 Å². The fraction of sp³-hybridized carbons (Fsp3) is 0.500. The van der Waals surface area contributed by atoms with Crippen LogP contribution >= 0.6 is 0 Å². The fourth-order valence-electron chi connectivity index (χ4n) is 3.97. The van der Waals surface area contributed by atoms with Crippen LogP contribution in [0.4, 0.5) is 0 Å². The van der Waals surface area contributed by atoms with Crippen molar-refractivity contribution >= 4 is 10.9 Å². The van der Waals surface area contributed by atoms with Gasteiger partial charge >= 0.3 is 0 Å². The number of hydrogen-bond acceptors (Lipinski definition) is 3. The van der Waals surface area contributed by atoms with E-state index in [-0.39, 0.29) is 0 Å². The summed E-state index contributed by atoms with van der Waals surface area (Å²) in [6.07, 6.45) is 2.74. The highest BCUT2D eigenvalue weighted by Gasteiger charge is 2.34. The number of rotatable bonds is 2. The Morgan fingerprint density at radius 1 is 1.24 bits per heavy atom. The average Bonchev–Trinajstić information content (AvgIpc) is 2.97. The molecule has 110 valence electrons. The van der Waals surface area contributed by atoms with E-state index in [4.69, 9.17) is 0 Å². The number of piperidine rings is 1. The molecule has 2 aliphatic heterocycles. The Labute approximate surface area is 126 Å². The lowest BCUT2D eigenvalue weighted by Gasteiger charge is -2.37. The quantitative estimate of drug-likeness (QED) is 0.917. The average molecular weight is 281 g/mol. The van der Waals surface area contributed by atoms with Crippen molar-refractivity contribution in [2.24, 2.45) is 5.92 Å². The zero-order valence-electron chi connectivity index (χ0n) is 12.7. The van der Waals surface area contributed by atoms with E-state index in [9.17, 15) is 0 Å². The minimum Gasteiger partial charge on any atom is -0.315 e. The van der Waals surface area contributed by atoms with Crippen LogP contribution in [-0.4, -0.2) is 35.6 Å². The molecule has 0 spiro atoms. The normalized spacial score (nSPS) is 26.1. The smallest absolute Gasteiger partial charge is 0.0705 e. The van der Waals surface area contributed by atoms with Crippen molar-refractivity contribution in [3.05, 3.63) is 41.6 Å². The van der Waals surface area contributed by atoms with Gasteiger partial charge in [0, 0.05) is 30.2 Å². The Bertz CT molecular complexity index is 652. The highest BCUT2D eigenvalue weighted by atomic mass is 15.2. The number of pyridine rings is 1. The minimum absolute atomic E-state index is 0.741. The lowest BCUT2D eigenvalue weighted by Crippen LogP contribution is -2.44. The first-order valence-corrected chi connectivity index (χ1v) is 8.11. The van der Waals surface area contributed by atoms with Crippen molar-refractivity contribution in [1.82, 2.24) is 15.2 Å². The van der Waals surface area contributed by atoms with Gasteiger partial charge < -0.3 is 5.32 Å². The Morgan fingerprint density at radius 3 is 3.14 bits per heavy atom. The molecule has 3 heteroatoms. The second kappa shape index (κ2) is 5.39. The number of aromatic nitrogens is 1. The number of likely N-dealkylation sites (tertiary alicyclic amines) is 1. The maximum Gasteiger partial charge on any atom is 0.0705 e. The van der Waals surface area contributed by atoms with E-state index >= 15 is 0 Å². The minimum atomic E-state index is 0.741. The molecule has 0 radical (unpaired) electrons. The monoisotopic (exact) mass is 281 g/mol. The van der Waals surface area contributed by atoms with E-state index < -0.39 is 0 Å². The van der Waals surface area contributed by atoms with E-state index in [2.05, 4.69) is 45.5 Å². The predicted molar refractivity (Wildman–Crippen MR) is 86.3 cm³/mol. The van der Waals surface area contributed by atoms with Crippen LogP contribution in [0.1, 0.15) is 24.1 Å². The van der Waals surface area contributed by atoms with Gasteiger partial charge in [0.2, 0.25) is 0 Å². The van der Waals surface area contributed by atoms with Crippen molar-refractivity contribution in [3.63, 3.8) is 0 Å². The SMILES string of the molecule is Cc1ccc2cc(CN3CCCC4CNCC43)ccc2n1. The first-order chi connectivity index (χ1) is 10.3. The molecule has 3 heterocycles. The number of benzene rings is 1. The fourth-order valence-corrected chi connectivity index (χ4v) is 3.97. The molecule has 1 aromatic carbocycles. The third-order valence-electron chi connectivity index (χ3n) is 5.07. The Balaban J connectivity index is 1.57. The molecule has 2 unspecified atom stereocenters. The third-order valence-corrected chi connectivity index (χ3v) is 5.07. The topological polar surface area (TPSA) is 28.2 Å². The van der Waals surface area contributed by atoms with Crippen molar-refractivity contribution in [3.8, 4) is 0 Å². The van der Waals surface area contributed by atoms with Crippen molar-refractivity contribution in [1.29, 1.82) is 0 Å². The molecular weight excluding hydrogens is 258 g/mol. The van der Waals surface area contributed by atoms with Gasteiger partial charge in [0.1, 0.15) is 0 Å². The molecular formula is C18H23N3. The summed E-state index contributed by atoms with van der Waals surface area (Å²) in [5, 5.41) is 4.82. The Kier molecular flexibility index (Phi) is 3.40. The molecule has 21 heavy (non-hydrogen) atoms. The largest absolute Gasteiger partial charge is 0.315 e. The van der Waals surface area contributed by atoms with Crippen molar-refractivity contribution in [2.45, 2.75) is 32.4 Å². The highest BCUT2D eigenvalue weighted by Crippen LogP contribution is 2.28. The summed E-state index contributed by atoms with van der Waals surface area (Å²) >= 11 is 0. The Morgan fingerprint density at radius 2 is 2.19 bits per heavy atom. The third kappa shape index (κ3) is 2.56. The van der Waals surface area contributed by atoms with E-state index in [0.717, 1.165) is 29.7 Å². The first-order valence-electron chi connectivity index (χ1n) is 8.11. The van der Waals surface area contributed by atoms with Gasteiger partial charge in [-0.15, -0.1) is 0 Å². The van der Waals surface area contributed by atoms with Gasteiger partial charge in [0.25, 0.3) is 0 Å². The zero-order chi connectivity index (χ0) is 14.2. The summed E-state index contributed by atoms with van der Waals surface area (Å²) in [5.74, 6) is 0.864. The molecule has 3 nitrogen and oxygen atoms in total. The van der Waals surface area contributed by atoms with Gasteiger partial charge in [-0.25, -0.2) is 0 Å². The molecule has 2 aromatic rings. The number of aryl methyl sites for hydroxylation is 1. The lowest BCUT2D eigenvalue weighted by atomic mass is 9.91. The number of nitrogens with one attached hydrogen (secondary N) is 1. The second-order valence-electron chi connectivity index (χ2n) is 6.58. The van der Waals surface area contributed by atoms with Gasteiger partial charge in [0.15, 0.2) is 0 Å². The number of hydrogen-bond donors (Lipinski definition) is 1. The van der Waals surface area contributed by atoms with E-state index in [1.165, 1.54) is 43.4 Å². The molecule has 2 saturated heterocycles. The van der Waals surface area contributed by atoms with Crippen molar-refractivity contribution < 1.29 is 0 Å². The summed E-state index contributed by atoms with van der Waals surface area (Å²) in [7, 11) is 0. The molecule has 1 aromatic heterocycles. The molecule has 0 amide bonds. The summed E-state index contributed by atoms with van der Waals surface area (Å²) in [6.45, 7) is 6.75. The van der Waals surface area contributed by atoms with E-state index in [1.54, 1.807) is 0 Å². The molecule has 0 saturated carbocycles. The summed E-state index contributed by atoms with van der Waals surface area (Å²) in [6, 6.07) is 11.8. The molecule has 2 aliphatic rings. The van der Waals surface area contributed by atoms with Gasteiger partial charge in [-0.3, -0.25) is 9.88 Å². The van der Waals surface area contributed by atoms with Crippen LogP contribution < -0.4 is 5.32 Å². The molecule has 2 atom stereocenters. The Hall–Kier alpha value is -1.45. The predicted octanol–water partition coefficient (Wildman–Crippen LogP) is 2.73. The van der Waals surface area contributed by atoms with E-state index in [0.29, 0.717) is 0 Å². The zero-order valence-corrected chi connectivity index (χ0v) is 12.7. The first kappa shape index (κ1) is 13.2. The van der Waals surface area contributed by atoms with Crippen LogP contribution in [0.25, 0.3) is 10.9 Å². The molecule has 4 rings (SSSR count). The molecule has 0 bridgehead atoms. The summed E-state index contributed by atoms with van der Waals surface area (Å²) in [4.78, 5) is 7.27. The maximum atomic E-state index is 4.59. The van der Waals surface area contributed by atoms with E-state index in [1.807, 2.05) is 6.92 Å². The van der Waals surface area contributed by atoms with Crippen molar-refractivity contribution in [2.75, 3.05) is 19.6 Å². The second-order valence-corrected chi connectivity index (χ2v) is 6.58. The van der Waals surface area contributed by atoms with Gasteiger partial charge in [0.05, 0.1) is 5.52 Å². The summed E-state index contributed by atoms with van der Waals surface area (Å²) in [5.41, 5.74) is 3.62. The van der Waals surface area contributed by atoms with Gasteiger partial charge in [-0.05, 0) is 62.5 Å². The number of fused-ring (bicyclic) bond motifs is 2. The molecule has 1 N–H and O–H groups in total. The highest BCUT2D eigenvalue weighted by molar-refractivity contribution is 5.79. The van der Waals surface area contributed by atoms with Crippen LogP contribution in [0.3, 0.4) is 0 Å². The van der Waals surface area contributed by atoms with Crippen LogP contribution in [-0.2, 0) is 6.54 Å². The van der Waals surface area contributed by atoms with Gasteiger partial charge in [-0.2, -0.15) is 0 Å².